The molecule has 14 heteroatoms. The minimum Gasteiger partial charge on any atom is -0.453 e. The Balaban J connectivity index is 1.12. The van der Waals surface area contributed by atoms with Gasteiger partial charge >= 0.3 is 12.3 Å². The van der Waals surface area contributed by atoms with Crippen LogP contribution in [0.5, 0.6) is 0 Å². The minimum atomic E-state index is -4.36. The number of benzene rings is 2. The Labute approximate surface area is 331 Å². The maximum Gasteiger partial charge on any atom is 0.407 e. The molecule has 2 saturated heterocycles. The molecule has 57 heavy (non-hydrogen) atoms. The van der Waals surface area contributed by atoms with E-state index in [1.54, 1.807) is 4.90 Å². The predicted molar refractivity (Wildman–Crippen MR) is 210 cm³/mol. The summed E-state index contributed by atoms with van der Waals surface area (Å²) < 4.78 is 45.2. The number of aromatic amines is 2. The number of halogens is 3. The summed E-state index contributed by atoms with van der Waals surface area (Å²) in [5.74, 6) is 1.25. The van der Waals surface area contributed by atoms with Gasteiger partial charge in [-0.15, -0.1) is 0 Å². The van der Waals surface area contributed by atoms with Crippen LogP contribution in [0.2, 0.25) is 0 Å². The molecule has 11 nitrogen and oxygen atoms in total. The van der Waals surface area contributed by atoms with E-state index < -0.39 is 30.8 Å². The Kier molecular flexibility index (Phi) is 11.5. The van der Waals surface area contributed by atoms with Crippen molar-refractivity contribution in [2.75, 3.05) is 20.2 Å². The van der Waals surface area contributed by atoms with Gasteiger partial charge in [0.25, 0.3) is 0 Å². The topological polar surface area (TPSA) is 136 Å². The van der Waals surface area contributed by atoms with Crippen molar-refractivity contribution in [2.24, 2.45) is 11.8 Å². The van der Waals surface area contributed by atoms with Crippen LogP contribution < -0.4 is 5.32 Å². The van der Waals surface area contributed by atoms with E-state index in [0.717, 1.165) is 66.1 Å². The number of aryl methyl sites for hydroxylation is 3. The van der Waals surface area contributed by atoms with Crippen molar-refractivity contribution in [3.8, 4) is 33.6 Å². The van der Waals surface area contributed by atoms with Crippen molar-refractivity contribution >= 4 is 17.9 Å². The normalized spacial score (nSPS) is 18.6. The molecular weight excluding hydrogens is 736 g/mol. The number of amides is 3. The molecule has 3 N–H and O–H groups in total. The standard InChI is InChI=1S/C43H52F3N7O4/c1-24(2)22-35(54)52-20-6-8-33(52)39-47-31-17-15-29-23-28(14-16-30(29)38(31)50-39)26-10-12-27(13-11-26)37-32(18-19-43(44,45)46)48-40(49-37)34-9-7-21-53(34)41(55)36(25(3)4)51-42(56)57-5/h10-14,16,23-25,33-34,36H,6-9,15,17-22H2,1-5H3,(H,47,50)(H,48,49)(H,51,56)/t33-,34-,36-/m0/s1. The van der Waals surface area contributed by atoms with Gasteiger partial charge in [0, 0.05) is 48.4 Å². The predicted octanol–water partition coefficient (Wildman–Crippen LogP) is 8.48. The van der Waals surface area contributed by atoms with Crippen molar-refractivity contribution in [1.82, 2.24) is 35.1 Å². The van der Waals surface area contributed by atoms with E-state index in [-0.39, 0.29) is 30.2 Å². The average Bonchev–Trinajstić information content (AvgIpc) is 4.00. The molecule has 4 heterocycles. The molecule has 0 radical (unpaired) electrons. The van der Waals surface area contributed by atoms with Crippen LogP contribution in [0.3, 0.4) is 0 Å². The summed E-state index contributed by atoms with van der Waals surface area (Å²) in [6, 6.07) is 12.7. The Morgan fingerprint density at radius 2 is 1.49 bits per heavy atom. The summed E-state index contributed by atoms with van der Waals surface area (Å²) in [6.07, 6.45) is -1.07. The molecular formula is C43H52F3N7O4. The number of ether oxygens (including phenoxy) is 1. The summed E-state index contributed by atoms with van der Waals surface area (Å²) in [5.41, 5.74) is 7.73. The molecule has 4 aromatic rings. The van der Waals surface area contributed by atoms with E-state index in [0.29, 0.717) is 54.5 Å². The van der Waals surface area contributed by atoms with Crippen LogP contribution in [0.1, 0.15) is 107 Å². The lowest BCUT2D eigenvalue weighted by molar-refractivity contribution is -0.135. The molecule has 0 spiro atoms. The van der Waals surface area contributed by atoms with Crippen molar-refractivity contribution in [1.29, 1.82) is 0 Å². The summed E-state index contributed by atoms with van der Waals surface area (Å²) >= 11 is 0. The van der Waals surface area contributed by atoms with E-state index in [9.17, 15) is 27.6 Å². The van der Waals surface area contributed by atoms with Gasteiger partial charge in [0.05, 0.1) is 30.6 Å². The molecule has 1 aliphatic carbocycles. The first-order chi connectivity index (χ1) is 27.2. The van der Waals surface area contributed by atoms with Gasteiger partial charge in [-0.2, -0.15) is 13.2 Å². The Bertz CT molecular complexity index is 2110. The van der Waals surface area contributed by atoms with E-state index in [1.807, 2.05) is 43.0 Å². The van der Waals surface area contributed by atoms with Gasteiger partial charge < -0.3 is 29.8 Å². The second-order valence-corrected chi connectivity index (χ2v) is 16.4. The van der Waals surface area contributed by atoms with Crippen LogP contribution in [-0.4, -0.2) is 80.1 Å². The first-order valence-corrected chi connectivity index (χ1v) is 20.1. The first kappa shape index (κ1) is 40.1. The van der Waals surface area contributed by atoms with Gasteiger partial charge in [-0.25, -0.2) is 14.8 Å². The maximum atomic E-state index is 13.7. The number of nitrogens with one attached hydrogen (secondary N) is 3. The van der Waals surface area contributed by atoms with E-state index in [1.165, 1.54) is 12.7 Å². The lowest BCUT2D eigenvalue weighted by Gasteiger charge is -2.30. The molecule has 304 valence electrons. The van der Waals surface area contributed by atoms with E-state index in [4.69, 9.17) is 14.7 Å². The molecule has 2 aromatic heterocycles. The lowest BCUT2D eigenvalue weighted by atomic mass is 9.89. The highest BCUT2D eigenvalue weighted by atomic mass is 19.4. The second-order valence-electron chi connectivity index (χ2n) is 16.4. The second kappa shape index (κ2) is 16.4. The zero-order valence-electron chi connectivity index (χ0n) is 33.3. The minimum absolute atomic E-state index is 0.0326. The molecule has 7 rings (SSSR count). The number of carbonyl (C=O) groups is 3. The number of methoxy groups -OCH3 is 1. The number of imidazole rings is 2. The first-order valence-electron chi connectivity index (χ1n) is 20.1. The average molecular weight is 788 g/mol. The molecule has 0 bridgehead atoms. The number of H-pyrrole nitrogens is 2. The summed E-state index contributed by atoms with van der Waals surface area (Å²) in [7, 11) is 1.23. The van der Waals surface area contributed by atoms with Crippen molar-refractivity contribution in [3.63, 3.8) is 0 Å². The lowest BCUT2D eigenvalue weighted by Crippen LogP contribution is -2.51. The zero-order chi connectivity index (χ0) is 40.6. The molecule has 2 aromatic carbocycles. The number of aromatic nitrogens is 4. The van der Waals surface area contributed by atoms with Gasteiger partial charge in [-0.05, 0) is 73.5 Å². The monoisotopic (exact) mass is 787 g/mol. The van der Waals surface area contributed by atoms with Gasteiger partial charge in [0.1, 0.15) is 17.7 Å². The molecule has 2 fully saturated rings. The molecule has 3 amide bonds. The third-order valence-corrected chi connectivity index (χ3v) is 11.5. The van der Waals surface area contributed by atoms with E-state index in [2.05, 4.69) is 47.3 Å². The number of rotatable bonds is 11. The quantitative estimate of drug-likeness (QED) is 0.140. The fourth-order valence-electron chi connectivity index (χ4n) is 8.57. The van der Waals surface area contributed by atoms with Crippen LogP contribution in [0.4, 0.5) is 18.0 Å². The highest BCUT2D eigenvalue weighted by molar-refractivity contribution is 5.86. The summed E-state index contributed by atoms with van der Waals surface area (Å²) in [6.45, 7) is 8.97. The Morgan fingerprint density at radius 3 is 2.16 bits per heavy atom. The van der Waals surface area contributed by atoms with Crippen LogP contribution >= 0.6 is 0 Å². The zero-order valence-corrected chi connectivity index (χ0v) is 33.3. The fraction of sp³-hybridized carbons (Fsp3) is 0.512. The molecule has 3 aliphatic rings. The maximum absolute atomic E-state index is 13.7. The van der Waals surface area contributed by atoms with Crippen molar-refractivity contribution in [3.05, 3.63) is 71.1 Å². The third-order valence-electron chi connectivity index (χ3n) is 11.5. The number of alkyl carbamates (subject to hydrolysis) is 1. The number of fused-ring (bicyclic) bond motifs is 3. The summed E-state index contributed by atoms with van der Waals surface area (Å²) in [5, 5.41) is 2.63. The molecule has 3 atom stereocenters. The Morgan fingerprint density at radius 1 is 0.860 bits per heavy atom. The Hall–Kier alpha value is -5.14. The van der Waals surface area contributed by atoms with Crippen LogP contribution in [0, 0.1) is 11.8 Å². The number of nitrogens with zero attached hydrogens (tertiary/aromatic N) is 4. The fourth-order valence-corrected chi connectivity index (χ4v) is 8.57. The van der Waals surface area contributed by atoms with Gasteiger partial charge in [-0.3, -0.25) is 9.59 Å². The van der Waals surface area contributed by atoms with Crippen molar-refractivity contribution < 1.29 is 32.3 Å². The summed E-state index contributed by atoms with van der Waals surface area (Å²) in [4.78, 5) is 59.1. The number of alkyl halides is 3. The van der Waals surface area contributed by atoms with Gasteiger partial charge in [0.15, 0.2) is 0 Å². The number of carbonyl (C=O) groups excluding carboxylic acids is 3. The van der Waals surface area contributed by atoms with E-state index >= 15 is 0 Å². The molecule has 0 saturated carbocycles. The third kappa shape index (κ3) is 8.59. The van der Waals surface area contributed by atoms with Crippen LogP contribution in [0.15, 0.2) is 42.5 Å². The van der Waals surface area contributed by atoms with Crippen molar-refractivity contribution in [2.45, 2.75) is 110 Å². The molecule has 0 unspecified atom stereocenters. The van der Waals surface area contributed by atoms with Gasteiger partial charge in [-0.1, -0.05) is 70.2 Å². The highest BCUT2D eigenvalue weighted by Gasteiger charge is 2.39. The molecule has 2 aliphatic heterocycles. The largest absolute Gasteiger partial charge is 0.453 e. The number of hydrogen-bond acceptors (Lipinski definition) is 6. The number of likely N-dealkylation sites (tertiary alicyclic amines) is 2. The highest BCUT2D eigenvalue weighted by Crippen LogP contribution is 2.40. The van der Waals surface area contributed by atoms with Crippen LogP contribution in [0.25, 0.3) is 33.6 Å². The smallest absolute Gasteiger partial charge is 0.407 e. The number of hydrogen-bond donors (Lipinski definition) is 3. The van der Waals surface area contributed by atoms with Crippen LogP contribution in [-0.2, 0) is 33.6 Å². The SMILES string of the molecule is COC(=O)N[C@H](C(=O)N1CCC[C@H]1c1nc(-c2ccc(-c3ccc4c(c3)CCc3[nH]c([C@@H]5CCCN5C(=O)CC(C)C)nc3-4)cc2)c(CCC(F)(F)F)[nH]1)C(C)C. The van der Waals surface area contributed by atoms with Gasteiger partial charge in [0.2, 0.25) is 11.8 Å².